The number of aromatic nitrogens is 2. The Bertz CT molecular complexity index is 1140. The fraction of sp³-hybridized carbons (Fsp3) is 0.320. The number of hydrogen-bond donors (Lipinski definition) is 1. The van der Waals surface area contributed by atoms with Gasteiger partial charge in [0.15, 0.2) is 0 Å². The first-order valence-electron chi connectivity index (χ1n) is 10.9. The molecule has 4 rings (SSSR count). The molecule has 6 nitrogen and oxygen atoms in total. The molecule has 2 aromatic carbocycles. The number of amides is 1. The van der Waals surface area contributed by atoms with Crippen LogP contribution in [-0.4, -0.2) is 28.3 Å². The van der Waals surface area contributed by atoms with Crippen LogP contribution in [-0.2, 0) is 27.3 Å². The molecule has 166 valence electrons. The topological polar surface area (TPSA) is 73.2 Å². The van der Waals surface area contributed by atoms with E-state index in [2.05, 4.69) is 5.32 Å². The van der Waals surface area contributed by atoms with Crippen molar-refractivity contribution >= 4 is 17.7 Å². The standard InChI is InChI=1S/C25H26FN3O3/c1-3-32-23(31)12-11-20-24(28-29-14-13-22(30)27-25(20)29)16(2)18-9-10-19(21(26)15-18)17-7-5-4-6-8-17/h4-10,15-16H,3,11-14H2,1-2H3,(H,27,30). The fourth-order valence-electron chi connectivity index (χ4n) is 4.09. The minimum atomic E-state index is -0.300. The highest BCUT2D eigenvalue weighted by atomic mass is 19.1. The Kier molecular flexibility index (Phi) is 6.35. The summed E-state index contributed by atoms with van der Waals surface area (Å²) < 4.78 is 21.8. The van der Waals surface area contributed by atoms with Gasteiger partial charge in [-0.25, -0.2) is 9.07 Å². The monoisotopic (exact) mass is 435 g/mol. The Balaban J connectivity index is 1.67. The van der Waals surface area contributed by atoms with Gasteiger partial charge in [-0.2, -0.15) is 5.10 Å². The summed E-state index contributed by atoms with van der Waals surface area (Å²) in [5.41, 5.74) is 3.67. The third kappa shape index (κ3) is 4.42. The Morgan fingerprint density at radius 1 is 1.25 bits per heavy atom. The summed E-state index contributed by atoms with van der Waals surface area (Å²) in [6.45, 7) is 4.52. The molecule has 1 atom stereocenters. The van der Waals surface area contributed by atoms with Crippen molar-refractivity contribution in [3.8, 4) is 11.1 Å². The highest BCUT2D eigenvalue weighted by Crippen LogP contribution is 2.35. The minimum absolute atomic E-state index is 0.0766. The van der Waals surface area contributed by atoms with Crippen LogP contribution in [0.5, 0.6) is 0 Å². The molecule has 0 bridgehead atoms. The zero-order valence-electron chi connectivity index (χ0n) is 18.2. The van der Waals surface area contributed by atoms with E-state index in [0.29, 0.717) is 37.4 Å². The summed E-state index contributed by atoms with van der Waals surface area (Å²) in [7, 11) is 0. The van der Waals surface area contributed by atoms with E-state index in [0.717, 1.165) is 22.4 Å². The number of ether oxygens (including phenoxy) is 1. The second-order valence-electron chi connectivity index (χ2n) is 7.87. The van der Waals surface area contributed by atoms with Crippen molar-refractivity contribution in [2.75, 3.05) is 11.9 Å². The van der Waals surface area contributed by atoms with Crippen LogP contribution in [0.3, 0.4) is 0 Å². The van der Waals surface area contributed by atoms with Crippen LogP contribution in [0.2, 0.25) is 0 Å². The lowest BCUT2D eigenvalue weighted by atomic mass is 9.91. The molecule has 1 aromatic heterocycles. The van der Waals surface area contributed by atoms with Gasteiger partial charge in [0.05, 0.1) is 18.8 Å². The number of halogens is 1. The SMILES string of the molecule is CCOC(=O)CCc1c(C(C)c2ccc(-c3ccccc3)c(F)c2)nn2c1NC(=O)CC2. The molecule has 0 saturated heterocycles. The van der Waals surface area contributed by atoms with E-state index < -0.39 is 0 Å². The van der Waals surface area contributed by atoms with Crippen molar-refractivity contribution in [1.29, 1.82) is 0 Å². The number of nitrogens with zero attached hydrogens (tertiary/aromatic N) is 2. The Hall–Kier alpha value is -3.48. The van der Waals surface area contributed by atoms with Crippen molar-refractivity contribution < 1.29 is 18.7 Å². The fourth-order valence-corrected chi connectivity index (χ4v) is 4.09. The number of carbonyl (C=O) groups is 2. The average Bonchev–Trinajstić information content (AvgIpc) is 3.15. The smallest absolute Gasteiger partial charge is 0.306 e. The van der Waals surface area contributed by atoms with E-state index in [4.69, 9.17) is 9.84 Å². The summed E-state index contributed by atoms with van der Waals surface area (Å²) in [6, 6.07) is 14.6. The first-order chi connectivity index (χ1) is 15.5. The molecular weight excluding hydrogens is 409 g/mol. The molecule has 0 radical (unpaired) electrons. The lowest BCUT2D eigenvalue weighted by molar-refractivity contribution is -0.143. The molecule has 1 aliphatic rings. The number of aryl methyl sites for hydroxylation is 1. The second kappa shape index (κ2) is 9.34. The van der Waals surface area contributed by atoms with Gasteiger partial charge in [-0.05, 0) is 30.5 Å². The first-order valence-corrected chi connectivity index (χ1v) is 10.9. The van der Waals surface area contributed by atoms with Gasteiger partial charge in [-0.3, -0.25) is 9.59 Å². The number of esters is 1. The molecule has 2 heterocycles. The third-order valence-corrected chi connectivity index (χ3v) is 5.76. The maximum Gasteiger partial charge on any atom is 0.306 e. The molecule has 0 aliphatic carbocycles. The summed E-state index contributed by atoms with van der Waals surface area (Å²) in [4.78, 5) is 23.9. The van der Waals surface area contributed by atoms with E-state index in [-0.39, 0.29) is 30.0 Å². The van der Waals surface area contributed by atoms with Gasteiger partial charge in [0.25, 0.3) is 0 Å². The molecule has 1 unspecified atom stereocenters. The molecule has 0 saturated carbocycles. The number of benzene rings is 2. The van der Waals surface area contributed by atoms with Crippen LogP contribution in [0.1, 0.15) is 49.4 Å². The molecule has 0 fully saturated rings. The molecule has 1 N–H and O–H groups in total. The predicted octanol–water partition coefficient (Wildman–Crippen LogP) is 4.68. The van der Waals surface area contributed by atoms with Crippen LogP contribution in [0.15, 0.2) is 48.5 Å². The number of nitrogens with one attached hydrogen (secondary N) is 1. The number of rotatable bonds is 7. The van der Waals surface area contributed by atoms with Gasteiger partial charge in [0.1, 0.15) is 11.6 Å². The van der Waals surface area contributed by atoms with Crippen molar-refractivity contribution in [2.45, 2.75) is 45.6 Å². The van der Waals surface area contributed by atoms with Crippen molar-refractivity contribution in [2.24, 2.45) is 0 Å². The van der Waals surface area contributed by atoms with Crippen LogP contribution in [0.4, 0.5) is 10.2 Å². The number of hydrogen-bond acceptors (Lipinski definition) is 4. The third-order valence-electron chi connectivity index (χ3n) is 5.76. The molecule has 32 heavy (non-hydrogen) atoms. The lowest BCUT2D eigenvalue weighted by Gasteiger charge is -2.16. The predicted molar refractivity (Wildman–Crippen MR) is 120 cm³/mol. The average molecular weight is 435 g/mol. The molecule has 1 aliphatic heterocycles. The summed E-state index contributed by atoms with van der Waals surface area (Å²) >= 11 is 0. The van der Waals surface area contributed by atoms with Gasteiger partial charge in [0, 0.05) is 29.9 Å². The van der Waals surface area contributed by atoms with Gasteiger partial charge >= 0.3 is 5.97 Å². The van der Waals surface area contributed by atoms with Gasteiger partial charge in [-0.1, -0.05) is 49.4 Å². The second-order valence-corrected chi connectivity index (χ2v) is 7.87. The minimum Gasteiger partial charge on any atom is -0.466 e. The van der Waals surface area contributed by atoms with E-state index in [1.165, 1.54) is 0 Å². The van der Waals surface area contributed by atoms with E-state index in [9.17, 15) is 14.0 Å². The van der Waals surface area contributed by atoms with Gasteiger partial charge < -0.3 is 10.1 Å². The molecule has 3 aromatic rings. The summed E-state index contributed by atoms with van der Waals surface area (Å²) in [5.74, 6) is -0.278. The Morgan fingerprint density at radius 2 is 2.03 bits per heavy atom. The van der Waals surface area contributed by atoms with Crippen molar-refractivity contribution in [3.05, 3.63) is 71.2 Å². The van der Waals surface area contributed by atoms with Crippen LogP contribution in [0, 0.1) is 5.82 Å². The molecular formula is C25H26FN3O3. The van der Waals surface area contributed by atoms with Crippen molar-refractivity contribution in [1.82, 2.24) is 9.78 Å². The van der Waals surface area contributed by atoms with E-state index >= 15 is 0 Å². The number of anilines is 1. The van der Waals surface area contributed by atoms with E-state index in [1.807, 2.05) is 43.3 Å². The van der Waals surface area contributed by atoms with Gasteiger partial charge in [-0.15, -0.1) is 0 Å². The summed E-state index contributed by atoms with van der Waals surface area (Å²) in [5, 5.41) is 7.61. The maximum atomic E-state index is 15.0. The largest absolute Gasteiger partial charge is 0.466 e. The highest BCUT2D eigenvalue weighted by molar-refractivity contribution is 5.92. The molecule has 1 amide bonds. The zero-order chi connectivity index (χ0) is 22.7. The Morgan fingerprint density at radius 3 is 2.75 bits per heavy atom. The molecule has 7 heteroatoms. The maximum absolute atomic E-state index is 15.0. The number of carbonyl (C=O) groups excluding carboxylic acids is 2. The summed E-state index contributed by atoms with van der Waals surface area (Å²) in [6.07, 6.45) is 0.919. The quantitative estimate of drug-likeness (QED) is 0.547. The normalized spacial score (nSPS) is 13.9. The van der Waals surface area contributed by atoms with E-state index in [1.54, 1.807) is 23.7 Å². The van der Waals surface area contributed by atoms with Crippen LogP contribution in [0.25, 0.3) is 11.1 Å². The first kappa shape index (κ1) is 21.7. The van der Waals surface area contributed by atoms with Crippen molar-refractivity contribution in [3.63, 3.8) is 0 Å². The Labute approximate surface area is 186 Å². The van der Waals surface area contributed by atoms with Crippen LogP contribution >= 0.6 is 0 Å². The molecule has 0 spiro atoms. The van der Waals surface area contributed by atoms with Crippen LogP contribution < -0.4 is 5.32 Å². The highest BCUT2D eigenvalue weighted by Gasteiger charge is 2.27. The number of fused-ring (bicyclic) bond motifs is 1. The lowest BCUT2D eigenvalue weighted by Crippen LogP contribution is -2.24. The zero-order valence-corrected chi connectivity index (χ0v) is 18.2. The van der Waals surface area contributed by atoms with Gasteiger partial charge in [0.2, 0.25) is 5.91 Å².